The molecule has 3 rings (SSSR count). The van der Waals surface area contributed by atoms with Crippen LogP contribution in [0.3, 0.4) is 0 Å². The number of benzene rings is 1. The molecule has 0 saturated carbocycles. The fourth-order valence-corrected chi connectivity index (χ4v) is 2.92. The van der Waals surface area contributed by atoms with Crippen molar-refractivity contribution < 1.29 is 0 Å². The normalized spacial score (nSPS) is 19.7. The molecule has 0 amide bonds. The minimum atomic E-state index is 0.365. The van der Waals surface area contributed by atoms with E-state index in [1.165, 1.54) is 29.5 Å². The van der Waals surface area contributed by atoms with E-state index < -0.39 is 0 Å². The summed E-state index contributed by atoms with van der Waals surface area (Å²) in [6.07, 6.45) is 7.33. The third kappa shape index (κ3) is 2.85. The SMILES string of the molecule is C[C@@H](NC1CCc2ccccc2C1)c1cccnc1. The second-order valence-corrected chi connectivity index (χ2v) is 5.38. The van der Waals surface area contributed by atoms with Gasteiger partial charge in [-0.2, -0.15) is 0 Å². The molecule has 19 heavy (non-hydrogen) atoms. The van der Waals surface area contributed by atoms with Crippen molar-refractivity contribution in [2.45, 2.75) is 38.3 Å². The van der Waals surface area contributed by atoms with Crippen LogP contribution in [0.1, 0.15) is 36.1 Å². The van der Waals surface area contributed by atoms with Crippen LogP contribution in [0, 0.1) is 0 Å². The Morgan fingerprint density at radius 1 is 1.16 bits per heavy atom. The summed E-state index contributed by atoms with van der Waals surface area (Å²) in [5.74, 6) is 0. The Kier molecular flexibility index (Phi) is 3.60. The third-order valence-corrected chi connectivity index (χ3v) is 4.02. The molecule has 2 heteroatoms. The predicted octanol–water partition coefficient (Wildman–Crippen LogP) is 3.29. The van der Waals surface area contributed by atoms with E-state index in [1.54, 1.807) is 0 Å². The van der Waals surface area contributed by atoms with E-state index in [1.807, 2.05) is 18.5 Å². The van der Waals surface area contributed by atoms with Crippen LogP contribution in [0.4, 0.5) is 0 Å². The zero-order chi connectivity index (χ0) is 13.1. The maximum Gasteiger partial charge on any atom is 0.0315 e. The van der Waals surface area contributed by atoms with E-state index in [-0.39, 0.29) is 0 Å². The molecule has 1 N–H and O–H groups in total. The first kappa shape index (κ1) is 12.4. The number of aromatic nitrogens is 1. The lowest BCUT2D eigenvalue weighted by Gasteiger charge is -2.28. The highest BCUT2D eigenvalue weighted by Gasteiger charge is 2.19. The molecular weight excluding hydrogens is 232 g/mol. The van der Waals surface area contributed by atoms with Crippen LogP contribution in [0.25, 0.3) is 0 Å². The summed E-state index contributed by atoms with van der Waals surface area (Å²) in [6.45, 7) is 2.22. The summed E-state index contributed by atoms with van der Waals surface area (Å²) in [4.78, 5) is 4.19. The summed E-state index contributed by atoms with van der Waals surface area (Å²) < 4.78 is 0. The highest BCUT2D eigenvalue weighted by atomic mass is 14.9. The molecule has 0 radical (unpaired) electrons. The number of nitrogens with zero attached hydrogens (tertiary/aromatic N) is 1. The maximum absolute atomic E-state index is 4.19. The smallest absolute Gasteiger partial charge is 0.0315 e. The van der Waals surface area contributed by atoms with E-state index in [2.05, 4.69) is 47.6 Å². The van der Waals surface area contributed by atoms with E-state index >= 15 is 0 Å². The first-order valence-electron chi connectivity index (χ1n) is 7.05. The molecule has 2 nitrogen and oxygen atoms in total. The van der Waals surface area contributed by atoms with Gasteiger partial charge >= 0.3 is 0 Å². The van der Waals surface area contributed by atoms with Crippen molar-refractivity contribution in [3.63, 3.8) is 0 Å². The summed E-state index contributed by atoms with van der Waals surface area (Å²) in [5.41, 5.74) is 4.29. The van der Waals surface area contributed by atoms with E-state index in [9.17, 15) is 0 Å². The van der Waals surface area contributed by atoms with Crippen LogP contribution in [0.5, 0.6) is 0 Å². The van der Waals surface area contributed by atoms with Crippen molar-refractivity contribution >= 4 is 0 Å². The van der Waals surface area contributed by atoms with Gasteiger partial charge in [-0.1, -0.05) is 30.3 Å². The highest BCUT2D eigenvalue weighted by Crippen LogP contribution is 2.23. The Morgan fingerprint density at radius 2 is 2.00 bits per heavy atom. The Morgan fingerprint density at radius 3 is 2.79 bits per heavy atom. The first-order valence-corrected chi connectivity index (χ1v) is 7.05. The first-order chi connectivity index (χ1) is 9.33. The quantitative estimate of drug-likeness (QED) is 0.906. The molecule has 1 unspecified atom stereocenters. The Bertz CT molecular complexity index is 536. The van der Waals surface area contributed by atoms with Crippen LogP contribution < -0.4 is 5.32 Å². The molecule has 1 aliphatic carbocycles. The average molecular weight is 252 g/mol. The van der Waals surface area contributed by atoms with E-state index in [4.69, 9.17) is 0 Å². The molecule has 1 aliphatic rings. The minimum Gasteiger partial charge on any atom is -0.307 e. The standard InChI is InChI=1S/C17H20N2/c1-13(16-7-4-10-18-12-16)19-17-9-8-14-5-2-3-6-15(14)11-17/h2-7,10,12-13,17,19H,8-9,11H2,1H3/t13-,17?/m1/s1. The van der Waals surface area contributed by atoms with Gasteiger partial charge in [0, 0.05) is 24.5 Å². The fourth-order valence-electron chi connectivity index (χ4n) is 2.92. The summed E-state index contributed by atoms with van der Waals surface area (Å²) in [5, 5.41) is 3.74. The van der Waals surface area contributed by atoms with Crippen LogP contribution in [0.15, 0.2) is 48.8 Å². The summed E-state index contributed by atoms with van der Waals surface area (Å²) in [7, 11) is 0. The molecule has 1 aromatic carbocycles. The zero-order valence-corrected chi connectivity index (χ0v) is 11.3. The van der Waals surface area contributed by atoms with Crippen molar-refractivity contribution in [3.8, 4) is 0 Å². The van der Waals surface area contributed by atoms with Gasteiger partial charge in [0.25, 0.3) is 0 Å². The van der Waals surface area contributed by atoms with E-state index in [0.717, 1.165) is 6.42 Å². The molecule has 0 fully saturated rings. The van der Waals surface area contributed by atoms with E-state index in [0.29, 0.717) is 12.1 Å². The Balaban J connectivity index is 1.66. The number of aryl methyl sites for hydroxylation is 1. The molecule has 0 bridgehead atoms. The highest BCUT2D eigenvalue weighted by molar-refractivity contribution is 5.30. The Hall–Kier alpha value is -1.67. The van der Waals surface area contributed by atoms with Crippen molar-refractivity contribution in [2.24, 2.45) is 0 Å². The van der Waals surface area contributed by atoms with Gasteiger partial charge in [0.05, 0.1) is 0 Å². The molecule has 0 aliphatic heterocycles. The molecule has 0 spiro atoms. The second-order valence-electron chi connectivity index (χ2n) is 5.38. The molecule has 2 atom stereocenters. The topological polar surface area (TPSA) is 24.9 Å². The second kappa shape index (κ2) is 5.54. The summed E-state index contributed by atoms with van der Waals surface area (Å²) in [6, 6.07) is 13.9. The number of rotatable bonds is 3. The van der Waals surface area contributed by atoms with Gasteiger partial charge in [0.1, 0.15) is 0 Å². The zero-order valence-electron chi connectivity index (χ0n) is 11.3. The average Bonchev–Trinajstić information content (AvgIpc) is 2.48. The van der Waals surface area contributed by atoms with Crippen LogP contribution >= 0.6 is 0 Å². The van der Waals surface area contributed by atoms with Gasteiger partial charge in [-0.15, -0.1) is 0 Å². The lowest BCUT2D eigenvalue weighted by Crippen LogP contribution is -2.36. The molecule has 1 aromatic heterocycles. The monoisotopic (exact) mass is 252 g/mol. The largest absolute Gasteiger partial charge is 0.307 e. The van der Waals surface area contributed by atoms with Crippen LogP contribution in [0.2, 0.25) is 0 Å². The minimum absolute atomic E-state index is 0.365. The van der Waals surface area contributed by atoms with Gasteiger partial charge in [-0.25, -0.2) is 0 Å². The predicted molar refractivity (Wildman–Crippen MR) is 78.0 cm³/mol. The van der Waals surface area contributed by atoms with Crippen molar-refractivity contribution in [1.29, 1.82) is 0 Å². The van der Waals surface area contributed by atoms with Gasteiger partial charge in [-0.3, -0.25) is 4.98 Å². The van der Waals surface area contributed by atoms with Gasteiger partial charge in [-0.05, 0) is 48.9 Å². The van der Waals surface area contributed by atoms with Crippen molar-refractivity contribution in [3.05, 3.63) is 65.5 Å². The number of pyridine rings is 1. The molecular formula is C17H20N2. The molecule has 0 saturated heterocycles. The van der Waals surface area contributed by atoms with Crippen LogP contribution in [-0.4, -0.2) is 11.0 Å². The molecule has 98 valence electrons. The number of hydrogen-bond donors (Lipinski definition) is 1. The van der Waals surface area contributed by atoms with Crippen molar-refractivity contribution in [1.82, 2.24) is 10.3 Å². The third-order valence-electron chi connectivity index (χ3n) is 4.02. The van der Waals surface area contributed by atoms with Crippen molar-refractivity contribution in [2.75, 3.05) is 0 Å². The van der Waals surface area contributed by atoms with Gasteiger partial charge in [0.2, 0.25) is 0 Å². The Labute approximate surface area is 114 Å². The molecule has 2 aromatic rings. The summed E-state index contributed by atoms with van der Waals surface area (Å²) >= 11 is 0. The number of nitrogens with one attached hydrogen (secondary N) is 1. The van der Waals surface area contributed by atoms with Crippen LogP contribution in [-0.2, 0) is 12.8 Å². The lowest BCUT2D eigenvalue weighted by molar-refractivity contribution is 0.413. The lowest BCUT2D eigenvalue weighted by atomic mass is 9.88. The molecule has 1 heterocycles. The number of hydrogen-bond acceptors (Lipinski definition) is 2. The number of fused-ring (bicyclic) bond motifs is 1. The fraction of sp³-hybridized carbons (Fsp3) is 0.353. The van der Waals surface area contributed by atoms with Gasteiger partial charge < -0.3 is 5.32 Å². The maximum atomic E-state index is 4.19. The van der Waals surface area contributed by atoms with Gasteiger partial charge in [0.15, 0.2) is 0 Å².